The molecular weight excluding hydrogens is 315 g/mol. The molecule has 0 unspecified atom stereocenters. The highest BCUT2D eigenvalue weighted by molar-refractivity contribution is 9.10. The third-order valence-electron chi connectivity index (χ3n) is 1.90. The van der Waals surface area contributed by atoms with E-state index in [1.807, 2.05) is 0 Å². The average molecular weight is 319 g/mol. The number of nitro benzene ring substituents is 1. The second kappa shape index (κ2) is 5.43. The molecule has 18 heavy (non-hydrogen) atoms. The summed E-state index contributed by atoms with van der Waals surface area (Å²) >= 11 is 2.73. The second-order valence-electron chi connectivity index (χ2n) is 2.85. The molecule has 0 heterocycles. The van der Waals surface area contributed by atoms with Gasteiger partial charge in [-0.2, -0.15) is 0 Å². The number of rotatable bonds is 3. The first-order valence-corrected chi connectivity index (χ1v) is 5.03. The number of nitro groups is 1. The van der Waals surface area contributed by atoms with Gasteiger partial charge in [-0.1, -0.05) is 5.11 Å². The van der Waals surface area contributed by atoms with Crippen LogP contribution in [0.3, 0.4) is 0 Å². The standard InChI is InChI=1S/C8H4BrFN4O4/c1-18-8(15)5-6(10)3(9)2-4(14(16)17)7(5)12-13-11/h2H,1H3. The van der Waals surface area contributed by atoms with Gasteiger partial charge >= 0.3 is 5.97 Å². The van der Waals surface area contributed by atoms with Gasteiger partial charge in [-0.3, -0.25) is 10.1 Å². The number of hydrogen-bond acceptors (Lipinski definition) is 5. The predicted octanol–water partition coefficient (Wildman–Crippen LogP) is 3.22. The zero-order valence-electron chi connectivity index (χ0n) is 8.76. The van der Waals surface area contributed by atoms with Crippen molar-refractivity contribution in [3.63, 3.8) is 0 Å². The maximum Gasteiger partial charge on any atom is 0.341 e. The molecule has 0 bridgehead atoms. The van der Waals surface area contributed by atoms with Crippen molar-refractivity contribution in [1.82, 2.24) is 0 Å². The van der Waals surface area contributed by atoms with Gasteiger partial charge in [0, 0.05) is 11.0 Å². The van der Waals surface area contributed by atoms with Crippen molar-refractivity contribution in [2.24, 2.45) is 5.11 Å². The lowest BCUT2D eigenvalue weighted by Crippen LogP contribution is -2.07. The van der Waals surface area contributed by atoms with Crippen molar-refractivity contribution in [3.8, 4) is 0 Å². The quantitative estimate of drug-likeness (QED) is 0.212. The Bertz CT molecular complexity index is 585. The average Bonchev–Trinajstić information content (AvgIpc) is 2.33. The van der Waals surface area contributed by atoms with Crippen molar-refractivity contribution in [2.75, 3.05) is 7.11 Å². The Kier molecular flexibility index (Phi) is 4.18. The van der Waals surface area contributed by atoms with E-state index in [4.69, 9.17) is 5.53 Å². The molecule has 1 rings (SSSR count). The largest absolute Gasteiger partial charge is 0.465 e. The van der Waals surface area contributed by atoms with Crippen LogP contribution < -0.4 is 0 Å². The predicted molar refractivity (Wildman–Crippen MR) is 60.9 cm³/mol. The normalized spacial score (nSPS) is 9.50. The second-order valence-corrected chi connectivity index (χ2v) is 3.71. The summed E-state index contributed by atoms with van der Waals surface area (Å²) in [6, 6.07) is 0.797. The molecule has 0 N–H and O–H groups in total. The van der Waals surface area contributed by atoms with Crippen LogP contribution in [0.2, 0.25) is 0 Å². The molecule has 0 aliphatic carbocycles. The van der Waals surface area contributed by atoms with Crippen LogP contribution in [-0.4, -0.2) is 18.0 Å². The number of hydrogen-bond donors (Lipinski definition) is 0. The van der Waals surface area contributed by atoms with Gasteiger partial charge in [-0.15, -0.1) is 0 Å². The van der Waals surface area contributed by atoms with Crippen LogP contribution in [0.5, 0.6) is 0 Å². The molecule has 0 atom stereocenters. The number of carbonyl (C=O) groups is 1. The van der Waals surface area contributed by atoms with E-state index in [0.717, 1.165) is 13.2 Å². The zero-order valence-corrected chi connectivity index (χ0v) is 10.3. The molecule has 0 spiro atoms. The fourth-order valence-corrected chi connectivity index (χ4v) is 1.59. The van der Waals surface area contributed by atoms with E-state index in [1.54, 1.807) is 0 Å². The number of esters is 1. The van der Waals surface area contributed by atoms with E-state index in [9.17, 15) is 19.3 Å². The van der Waals surface area contributed by atoms with Crippen LogP contribution in [-0.2, 0) is 4.74 Å². The Morgan fingerprint density at radius 1 is 1.72 bits per heavy atom. The first-order chi connectivity index (χ1) is 8.43. The Labute approximate surface area is 107 Å². The topological polar surface area (TPSA) is 118 Å². The maximum atomic E-state index is 13.7. The van der Waals surface area contributed by atoms with Gasteiger partial charge in [-0.05, 0) is 21.5 Å². The zero-order chi connectivity index (χ0) is 13.9. The van der Waals surface area contributed by atoms with E-state index >= 15 is 0 Å². The molecule has 0 fully saturated rings. The van der Waals surface area contributed by atoms with Crippen LogP contribution in [0, 0.1) is 15.9 Å². The molecule has 0 amide bonds. The number of methoxy groups -OCH3 is 1. The Hall–Kier alpha value is -2.19. The molecule has 0 radical (unpaired) electrons. The lowest BCUT2D eigenvalue weighted by molar-refractivity contribution is -0.384. The van der Waals surface area contributed by atoms with E-state index in [1.165, 1.54) is 0 Å². The van der Waals surface area contributed by atoms with Crippen LogP contribution in [0.25, 0.3) is 10.4 Å². The summed E-state index contributed by atoms with van der Waals surface area (Å²) in [6.07, 6.45) is 0. The maximum absolute atomic E-state index is 13.7. The number of azide groups is 1. The van der Waals surface area contributed by atoms with Crippen molar-refractivity contribution in [1.29, 1.82) is 0 Å². The van der Waals surface area contributed by atoms with E-state index in [-0.39, 0.29) is 4.47 Å². The van der Waals surface area contributed by atoms with E-state index in [0.29, 0.717) is 0 Å². The minimum Gasteiger partial charge on any atom is -0.465 e. The molecule has 1 aromatic carbocycles. The summed E-state index contributed by atoms with van der Waals surface area (Å²) in [7, 11) is 0.967. The van der Waals surface area contributed by atoms with Gasteiger partial charge in [0.15, 0.2) is 5.82 Å². The summed E-state index contributed by atoms with van der Waals surface area (Å²) < 4.78 is 17.7. The lowest BCUT2D eigenvalue weighted by Gasteiger charge is -2.07. The SMILES string of the molecule is COC(=O)c1c(F)c(Br)cc([N+](=O)[O-])c1N=[N+]=[N-]. The Balaban J connectivity index is 3.79. The molecule has 0 aromatic heterocycles. The van der Waals surface area contributed by atoms with E-state index in [2.05, 4.69) is 30.7 Å². The molecule has 0 saturated carbocycles. The van der Waals surface area contributed by atoms with Crippen LogP contribution >= 0.6 is 15.9 Å². The molecule has 94 valence electrons. The molecule has 8 nitrogen and oxygen atoms in total. The fraction of sp³-hybridized carbons (Fsp3) is 0.125. The molecule has 0 aliphatic heterocycles. The van der Waals surface area contributed by atoms with Gasteiger partial charge in [0.1, 0.15) is 11.3 Å². The minimum absolute atomic E-state index is 0.313. The van der Waals surface area contributed by atoms with Crippen LogP contribution in [0.1, 0.15) is 10.4 Å². The highest BCUT2D eigenvalue weighted by atomic mass is 79.9. The highest BCUT2D eigenvalue weighted by Crippen LogP contribution is 2.37. The number of carbonyl (C=O) groups excluding carboxylic acids is 1. The summed E-state index contributed by atoms with van der Waals surface area (Å²) in [5, 5.41) is 13.7. The molecule has 10 heteroatoms. The number of halogens is 2. The number of benzene rings is 1. The van der Waals surface area contributed by atoms with Crippen LogP contribution in [0.4, 0.5) is 15.8 Å². The fourth-order valence-electron chi connectivity index (χ4n) is 1.18. The van der Waals surface area contributed by atoms with Crippen molar-refractivity contribution < 1.29 is 18.8 Å². The highest BCUT2D eigenvalue weighted by Gasteiger charge is 2.28. The van der Waals surface area contributed by atoms with Gasteiger partial charge in [0.25, 0.3) is 5.69 Å². The third-order valence-corrected chi connectivity index (χ3v) is 2.48. The van der Waals surface area contributed by atoms with Gasteiger partial charge < -0.3 is 4.74 Å². The first-order valence-electron chi connectivity index (χ1n) is 4.23. The van der Waals surface area contributed by atoms with Gasteiger partial charge in [0.05, 0.1) is 16.5 Å². The third kappa shape index (κ3) is 2.39. The summed E-state index contributed by atoms with van der Waals surface area (Å²) in [5.74, 6) is -2.28. The molecule has 0 aliphatic rings. The van der Waals surface area contributed by atoms with Gasteiger partial charge in [0.2, 0.25) is 0 Å². The Morgan fingerprint density at radius 2 is 2.33 bits per heavy atom. The van der Waals surface area contributed by atoms with Crippen LogP contribution in [0.15, 0.2) is 15.7 Å². The lowest BCUT2D eigenvalue weighted by atomic mass is 10.1. The molecular formula is C8H4BrFN4O4. The summed E-state index contributed by atoms with van der Waals surface area (Å²) in [6.45, 7) is 0. The summed E-state index contributed by atoms with van der Waals surface area (Å²) in [4.78, 5) is 23.5. The van der Waals surface area contributed by atoms with E-state index < -0.39 is 33.6 Å². The van der Waals surface area contributed by atoms with Gasteiger partial charge in [-0.25, -0.2) is 9.18 Å². The first kappa shape index (κ1) is 13.9. The van der Waals surface area contributed by atoms with Crippen molar-refractivity contribution in [3.05, 3.63) is 42.5 Å². The summed E-state index contributed by atoms with van der Waals surface area (Å²) in [5.41, 5.74) is 6.09. The number of nitrogens with zero attached hydrogens (tertiary/aromatic N) is 4. The Morgan fingerprint density at radius 3 is 2.78 bits per heavy atom. The van der Waals surface area contributed by atoms with Crippen molar-refractivity contribution in [2.45, 2.75) is 0 Å². The molecule has 0 saturated heterocycles. The smallest absolute Gasteiger partial charge is 0.341 e. The monoisotopic (exact) mass is 318 g/mol. The minimum atomic E-state index is -1.18. The van der Waals surface area contributed by atoms with Crippen molar-refractivity contribution >= 4 is 33.3 Å². The number of ether oxygens (including phenoxy) is 1. The molecule has 1 aromatic rings.